The van der Waals surface area contributed by atoms with Crippen molar-refractivity contribution in [1.82, 2.24) is 0 Å². The largest absolute Gasteiger partial charge is 0.501 e. The Hall–Kier alpha value is -2.08. The van der Waals surface area contributed by atoms with Gasteiger partial charge in [-0.25, -0.2) is 0 Å². The highest BCUT2D eigenvalue weighted by atomic mass is 19.4. The van der Waals surface area contributed by atoms with Gasteiger partial charge in [0.05, 0.1) is 24.5 Å². The molecule has 0 saturated heterocycles. The Morgan fingerprint density at radius 1 is 1.25 bits per heavy atom. The van der Waals surface area contributed by atoms with Crippen LogP contribution in [0.3, 0.4) is 0 Å². The molecule has 0 fully saturated rings. The lowest BCUT2D eigenvalue weighted by Crippen LogP contribution is -2.17. The van der Waals surface area contributed by atoms with Crippen LogP contribution in [0.1, 0.15) is 24.0 Å². The van der Waals surface area contributed by atoms with Gasteiger partial charge in [0.2, 0.25) is 0 Å². The Bertz CT molecular complexity index is 660. The number of carbonyl (C=O) groups is 1. The second kappa shape index (κ2) is 7.66. The number of ketones is 1. The van der Waals surface area contributed by atoms with Crippen LogP contribution in [-0.4, -0.2) is 26.1 Å². The summed E-state index contributed by atoms with van der Waals surface area (Å²) in [6.07, 6.45) is -0.850. The summed E-state index contributed by atoms with van der Waals surface area (Å²) < 4.78 is 49.3. The van der Waals surface area contributed by atoms with Gasteiger partial charge in [-0.05, 0) is 30.2 Å². The summed E-state index contributed by atoms with van der Waals surface area (Å²) in [6, 6.07) is 5.32. The van der Waals surface area contributed by atoms with Gasteiger partial charge in [0.25, 0.3) is 0 Å². The fourth-order valence-electron chi connectivity index (χ4n) is 2.61. The molecular formula is C18H19F3O3. The molecule has 1 unspecified atom stereocenters. The minimum Gasteiger partial charge on any atom is -0.501 e. The van der Waals surface area contributed by atoms with Crippen molar-refractivity contribution in [3.05, 3.63) is 58.9 Å². The predicted octanol–water partition coefficient (Wildman–Crippen LogP) is 4.08. The zero-order chi connectivity index (χ0) is 17.7. The van der Waals surface area contributed by atoms with Gasteiger partial charge in [0.1, 0.15) is 0 Å². The summed E-state index contributed by atoms with van der Waals surface area (Å²) in [5.41, 5.74) is -0.165. The number of hydrogen-bond acceptors (Lipinski definition) is 3. The second-order valence-corrected chi connectivity index (χ2v) is 5.49. The van der Waals surface area contributed by atoms with E-state index in [0.29, 0.717) is 17.8 Å². The summed E-state index contributed by atoms with van der Waals surface area (Å²) >= 11 is 0. The van der Waals surface area contributed by atoms with E-state index in [1.54, 1.807) is 18.2 Å². The van der Waals surface area contributed by atoms with E-state index in [0.717, 1.165) is 6.07 Å². The Labute approximate surface area is 138 Å². The minimum atomic E-state index is -4.42. The number of benzene rings is 1. The first-order valence-electron chi connectivity index (χ1n) is 7.52. The maximum Gasteiger partial charge on any atom is 0.416 e. The number of hydrogen-bond donors (Lipinski definition) is 0. The van der Waals surface area contributed by atoms with Gasteiger partial charge >= 0.3 is 6.18 Å². The van der Waals surface area contributed by atoms with Crippen molar-refractivity contribution in [2.45, 2.75) is 31.5 Å². The molecule has 0 radical (unpaired) electrons. The average molecular weight is 340 g/mol. The Balaban J connectivity index is 2.11. The maximum absolute atomic E-state index is 13.0. The molecule has 0 amide bonds. The number of halogens is 3. The van der Waals surface area contributed by atoms with Gasteiger partial charge in [-0.15, -0.1) is 0 Å². The molecule has 1 atom stereocenters. The van der Waals surface area contributed by atoms with Gasteiger partial charge < -0.3 is 9.47 Å². The third kappa shape index (κ3) is 4.47. The molecule has 0 heterocycles. The zero-order valence-electron chi connectivity index (χ0n) is 13.5. The van der Waals surface area contributed by atoms with E-state index in [9.17, 15) is 18.0 Å². The number of methoxy groups -OCH3 is 2. The molecule has 3 nitrogen and oxygen atoms in total. The van der Waals surface area contributed by atoms with E-state index in [1.807, 2.05) is 0 Å². The standard InChI is InChI=1S/C18H19F3O3/c1-23-14-9-13(10-15(11-14)24-2)17(22)8-7-12-5-3-4-6-16(12)18(19,20)21/h3-6,9-10,14H,7-8,11H2,1-2H3. The number of ether oxygens (including phenoxy) is 2. The molecule has 1 aromatic carbocycles. The highest BCUT2D eigenvalue weighted by Gasteiger charge is 2.32. The van der Waals surface area contributed by atoms with Crippen LogP contribution in [0, 0.1) is 0 Å². The number of alkyl halides is 3. The molecular weight excluding hydrogens is 321 g/mol. The zero-order valence-corrected chi connectivity index (χ0v) is 13.5. The minimum absolute atomic E-state index is 0.0111. The molecule has 2 rings (SSSR count). The number of Topliss-reactive ketones (excluding diaryl/α,β-unsaturated/α-hetero) is 1. The van der Waals surface area contributed by atoms with Crippen LogP contribution < -0.4 is 0 Å². The third-order valence-corrected chi connectivity index (χ3v) is 3.92. The fourth-order valence-corrected chi connectivity index (χ4v) is 2.61. The highest BCUT2D eigenvalue weighted by Crippen LogP contribution is 2.32. The first-order valence-corrected chi connectivity index (χ1v) is 7.52. The summed E-state index contributed by atoms with van der Waals surface area (Å²) in [5, 5.41) is 0. The van der Waals surface area contributed by atoms with Crippen LogP contribution in [0.15, 0.2) is 47.7 Å². The van der Waals surface area contributed by atoms with Crippen molar-refractivity contribution in [3.8, 4) is 0 Å². The third-order valence-electron chi connectivity index (χ3n) is 3.92. The van der Waals surface area contributed by atoms with Gasteiger partial charge in [0, 0.05) is 25.5 Å². The Kier molecular flexibility index (Phi) is 5.83. The van der Waals surface area contributed by atoms with Crippen LogP contribution in [0.2, 0.25) is 0 Å². The van der Waals surface area contributed by atoms with Crippen molar-refractivity contribution in [2.24, 2.45) is 0 Å². The molecule has 1 aliphatic rings. The lowest BCUT2D eigenvalue weighted by Gasteiger charge is -2.19. The van der Waals surface area contributed by atoms with Crippen molar-refractivity contribution >= 4 is 5.78 Å². The normalized spacial score (nSPS) is 18.0. The Morgan fingerprint density at radius 3 is 2.58 bits per heavy atom. The lowest BCUT2D eigenvalue weighted by atomic mass is 9.95. The summed E-state index contributed by atoms with van der Waals surface area (Å²) in [7, 11) is 3.03. The molecule has 1 aromatic rings. The molecule has 130 valence electrons. The summed E-state index contributed by atoms with van der Waals surface area (Å²) in [6.45, 7) is 0. The van der Waals surface area contributed by atoms with E-state index in [1.165, 1.54) is 26.4 Å². The van der Waals surface area contributed by atoms with E-state index in [-0.39, 0.29) is 30.3 Å². The Morgan fingerprint density at radius 2 is 1.96 bits per heavy atom. The van der Waals surface area contributed by atoms with Gasteiger partial charge in [-0.3, -0.25) is 4.79 Å². The first kappa shape index (κ1) is 18.3. The van der Waals surface area contributed by atoms with Gasteiger partial charge in [-0.1, -0.05) is 18.2 Å². The van der Waals surface area contributed by atoms with Crippen molar-refractivity contribution < 1.29 is 27.4 Å². The number of allylic oxidation sites excluding steroid dienone is 2. The smallest absolute Gasteiger partial charge is 0.416 e. The quantitative estimate of drug-likeness (QED) is 0.783. The number of rotatable bonds is 6. The molecule has 24 heavy (non-hydrogen) atoms. The van der Waals surface area contributed by atoms with Crippen LogP contribution in [0.25, 0.3) is 0 Å². The summed E-state index contributed by atoms with van der Waals surface area (Å²) in [4.78, 5) is 12.4. The lowest BCUT2D eigenvalue weighted by molar-refractivity contribution is -0.138. The molecule has 0 bridgehead atoms. The molecule has 6 heteroatoms. The van der Waals surface area contributed by atoms with E-state index >= 15 is 0 Å². The molecule has 0 spiro atoms. The molecule has 0 saturated carbocycles. The molecule has 1 aliphatic carbocycles. The van der Waals surface area contributed by atoms with E-state index in [4.69, 9.17) is 9.47 Å². The van der Waals surface area contributed by atoms with Crippen LogP contribution in [-0.2, 0) is 26.9 Å². The topological polar surface area (TPSA) is 35.5 Å². The molecule has 0 N–H and O–H groups in total. The summed E-state index contributed by atoms with van der Waals surface area (Å²) in [5.74, 6) is 0.381. The van der Waals surface area contributed by atoms with E-state index < -0.39 is 11.7 Å². The first-order chi connectivity index (χ1) is 11.3. The van der Waals surface area contributed by atoms with Gasteiger partial charge in [0.15, 0.2) is 5.78 Å². The SMILES string of the molecule is COC1=CC(C(=O)CCc2ccccc2C(F)(F)F)=CC(OC)C1. The number of aryl methyl sites for hydroxylation is 1. The van der Waals surface area contributed by atoms with Crippen molar-refractivity contribution in [1.29, 1.82) is 0 Å². The van der Waals surface area contributed by atoms with Crippen LogP contribution >= 0.6 is 0 Å². The fraction of sp³-hybridized carbons (Fsp3) is 0.389. The van der Waals surface area contributed by atoms with Crippen molar-refractivity contribution in [3.63, 3.8) is 0 Å². The van der Waals surface area contributed by atoms with Gasteiger partial charge in [-0.2, -0.15) is 13.2 Å². The van der Waals surface area contributed by atoms with Crippen molar-refractivity contribution in [2.75, 3.05) is 14.2 Å². The molecule has 0 aliphatic heterocycles. The van der Waals surface area contributed by atoms with Crippen LogP contribution in [0.5, 0.6) is 0 Å². The average Bonchev–Trinajstić information content (AvgIpc) is 2.58. The highest BCUT2D eigenvalue weighted by molar-refractivity contribution is 5.98. The monoisotopic (exact) mass is 340 g/mol. The predicted molar refractivity (Wildman–Crippen MR) is 83.4 cm³/mol. The van der Waals surface area contributed by atoms with E-state index in [2.05, 4.69) is 0 Å². The maximum atomic E-state index is 13.0. The second-order valence-electron chi connectivity index (χ2n) is 5.49. The molecule has 0 aromatic heterocycles. The number of carbonyl (C=O) groups excluding carboxylic acids is 1. The van der Waals surface area contributed by atoms with Crippen LogP contribution in [0.4, 0.5) is 13.2 Å².